The Morgan fingerprint density at radius 3 is 2.26 bits per heavy atom. The molecule has 146 valence electrons. The zero-order valence-corrected chi connectivity index (χ0v) is 16.2. The summed E-state index contributed by atoms with van der Waals surface area (Å²) in [5, 5.41) is 3.49. The quantitative estimate of drug-likeness (QED) is 0.867. The van der Waals surface area contributed by atoms with Crippen molar-refractivity contribution in [3.63, 3.8) is 0 Å². The molecule has 6 rings (SSSR count). The molecule has 5 aliphatic rings. The fraction of sp³-hybridized carbons (Fsp3) is 0.696. The van der Waals surface area contributed by atoms with Gasteiger partial charge in [-0.15, -0.1) is 0 Å². The molecule has 4 saturated carbocycles. The molecular weight excluding hydrogens is 336 g/mol. The number of nitrogens with one attached hydrogen (secondary N) is 1. The fourth-order valence-corrected chi connectivity index (χ4v) is 6.58. The Morgan fingerprint density at radius 1 is 1.00 bits per heavy atom. The van der Waals surface area contributed by atoms with Gasteiger partial charge in [0.15, 0.2) is 0 Å². The van der Waals surface area contributed by atoms with E-state index in [1.165, 1.54) is 37.7 Å². The maximum Gasteiger partial charge on any atom is 0.224 e. The maximum absolute atomic E-state index is 13.4. The smallest absolute Gasteiger partial charge is 0.224 e. The summed E-state index contributed by atoms with van der Waals surface area (Å²) in [7, 11) is 0. The number of amides is 1. The summed E-state index contributed by atoms with van der Waals surface area (Å²) in [6.45, 7) is 4.39. The molecule has 1 atom stereocenters. The standard InChI is InChI=1S/C23H32N2O2/c26-23(22-19-11-16-10-17(13-19)14-20(22)12-16)24-21(18-4-2-1-3-5-18)15-25-6-8-27-9-7-25/h1-5,16-17,19-22H,6-15H2,(H,24,26). The molecule has 0 spiro atoms. The summed E-state index contributed by atoms with van der Waals surface area (Å²) in [4.78, 5) is 15.8. The van der Waals surface area contributed by atoms with E-state index in [0.29, 0.717) is 17.7 Å². The van der Waals surface area contributed by atoms with Crippen molar-refractivity contribution in [2.24, 2.45) is 29.6 Å². The number of hydrogen-bond donors (Lipinski definition) is 1. The van der Waals surface area contributed by atoms with Gasteiger partial charge in [-0.3, -0.25) is 9.69 Å². The number of ether oxygens (including phenoxy) is 1. The van der Waals surface area contributed by atoms with E-state index in [1.807, 2.05) is 0 Å². The summed E-state index contributed by atoms with van der Waals surface area (Å²) in [5.74, 6) is 3.69. The van der Waals surface area contributed by atoms with Crippen LogP contribution in [0.4, 0.5) is 0 Å². The van der Waals surface area contributed by atoms with Crippen LogP contribution in [0.5, 0.6) is 0 Å². The third-order valence-electron chi connectivity index (χ3n) is 7.59. The lowest BCUT2D eigenvalue weighted by Crippen LogP contribution is -2.52. The van der Waals surface area contributed by atoms with Crippen LogP contribution < -0.4 is 5.32 Å². The van der Waals surface area contributed by atoms with Gasteiger partial charge in [-0.1, -0.05) is 30.3 Å². The van der Waals surface area contributed by atoms with Gasteiger partial charge in [0.25, 0.3) is 0 Å². The van der Waals surface area contributed by atoms with Gasteiger partial charge < -0.3 is 10.1 Å². The number of benzene rings is 1. The van der Waals surface area contributed by atoms with Crippen LogP contribution in [-0.4, -0.2) is 43.7 Å². The molecule has 1 N–H and O–H groups in total. The molecule has 1 saturated heterocycles. The van der Waals surface area contributed by atoms with Gasteiger partial charge in [-0.2, -0.15) is 0 Å². The van der Waals surface area contributed by atoms with Gasteiger partial charge in [0.1, 0.15) is 0 Å². The lowest BCUT2D eigenvalue weighted by Gasteiger charge is -2.53. The topological polar surface area (TPSA) is 41.6 Å². The first-order valence-electron chi connectivity index (χ1n) is 10.9. The summed E-state index contributed by atoms with van der Waals surface area (Å²) in [6, 6.07) is 10.6. The molecule has 4 aliphatic carbocycles. The van der Waals surface area contributed by atoms with Gasteiger partial charge >= 0.3 is 0 Å². The Bertz CT molecular complexity index is 628. The Morgan fingerprint density at radius 2 is 1.63 bits per heavy atom. The number of morpholine rings is 1. The molecule has 5 fully saturated rings. The van der Waals surface area contributed by atoms with Crippen molar-refractivity contribution in [1.82, 2.24) is 10.2 Å². The van der Waals surface area contributed by atoms with E-state index in [-0.39, 0.29) is 12.0 Å². The monoisotopic (exact) mass is 368 g/mol. The highest BCUT2D eigenvalue weighted by Gasteiger charge is 2.50. The Labute approximate surface area is 162 Å². The highest BCUT2D eigenvalue weighted by atomic mass is 16.5. The van der Waals surface area contributed by atoms with Crippen molar-refractivity contribution < 1.29 is 9.53 Å². The molecule has 4 nitrogen and oxygen atoms in total. The predicted octanol–water partition coefficient (Wildman–Crippen LogP) is 3.25. The Balaban J connectivity index is 1.31. The number of rotatable bonds is 5. The number of carbonyl (C=O) groups excluding carboxylic acids is 1. The minimum absolute atomic E-state index is 0.0778. The first kappa shape index (κ1) is 17.7. The molecule has 1 aromatic carbocycles. The fourth-order valence-electron chi connectivity index (χ4n) is 6.58. The van der Waals surface area contributed by atoms with E-state index in [0.717, 1.165) is 44.7 Å². The van der Waals surface area contributed by atoms with E-state index in [1.54, 1.807) is 0 Å². The number of hydrogen-bond acceptors (Lipinski definition) is 3. The van der Waals surface area contributed by atoms with Gasteiger partial charge in [-0.05, 0) is 61.3 Å². The average Bonchev–Trinajstić information content (AvgIpc) is 2.68. The summed E-state index contributed by atoms with van der Waals surface area (Å²) >= 11 is 0. The minimum Gasteiger partial charge on any atom is -0.379 e. The zero-order chi connectivity index (χ0) is 18.2. The molecule has 1 aliphatic heterocycles. The lowest BCUT2D eigenvalue weighted by molar-refractivity contribution is -0.139. The van der Waals surface area contributed by atoms with Crippen LogP contribution in [0.3, 0.4) is 0 Å². The first-order chi connectivity index (χ1) is 13.3. The first-order valence-corrected chi connectivity index (χ1v) is 10.9. The maximum atomic E-state index is 13.4. The van der Waals surface area contributed by atoms with Crippen molar-refractivity contribution in [2.75, 3.05) is 32.8 Å². The van der Waals surface area contributed by atoms with Crippen molar-refractivity contribution in [3.8, 4) is 0 Å². The Kier molecular flexibility index (Phi) is 4.95. The summed E-state index contributed by atoms with van der Waals surface area (Å²) < 4.78 is 5.50. The SMILES string of the molecule is O=C(NC(CN1CCOCC1)c1ccccc1)C1C2CC3CC(C2)CC1C3. The van der Waals surface area contributed by atoms with Crippen LogP contribution >= 0.6 is 0 Å². The van der Waals surface area contributed by atoms with Crippen LogP contribution in [-0.2, 0) is 9.53 Å². The van der Waals surface area contributed by atoms with E-state index >= 15 is 0 Å². The van der Waals surface area contributed by atoms with E-state index < -0.39 is 0 Å². The third kappa shape index (κ3) is 3.66. The van der Waals surface area contributed by atoms with Gasteiger partial charge in [0, 0.05) is 25.6 Å². The molecule has 0 aromatic heterocycles. The minimum atomic E-state index is 0.0778. The number of nitrogens with zero attached hydrogens (tertiary/aromatic N) is 1. The second-order valence-corrected chi connectivity index (χ2v) is 9.34. The molecular formula is C23H32N2O2. The molecule has 27 heavy (non-hydrogen) atoms. The van der Waals surface area contributed by atoms with Crippen molar-refractivity contribution in [3.05, 3.63) is 35.9 Å². The third-order valence-corrected chi connectivity index (χ3v) is 7.59. The van der Waals surface area contributed by atoms with Crippen LogP contribution in [0.1, 0.15) is 43.7 Å². The second-order valence-electron chi connectivity index (χ2n) is 9.34. The van der Waals surface area contributed by atoms with Crippen LogP contribution in [0.2, 0.25) is 0 Å². The van der Waals surface area contributed by atoms with Gasteiger partial charge in [-0.25, -0.2) is 0 Å². The molecule has 0 radical (unpaired) electrons. The molecule has 1 unspecified atom stereocenters. The van der Waals surface area contributed by atoms with E-state index in [9.17, 15) is 4.79 Å². The van der Waals surface area contributed by atoms with E-state index in [2.05, 4.69) is 40.5 Å². The average molecular weight is 369 g/mol. The highest BCUT2D eigenvalue weighted by molar-refractivity contribution is 5.80. The number of carbonyl (C=O) groups is 1. The predicted molar refractivity (Wildman–Crippen MR) is 105 cm³/mol. The second kappa shape index (κ2) is 7.56. The van der Waals surface area contributed by atoms with Crippen molar-refractivity contribution in [1.29, 1.82) is 0 Å². The summed E-state index contributed by atoms with van der Waals surface area (Å²) in [6.07, 6.45) is 6.62. The molecule has 4 bridgehead atoms. The van der Waals surface area contributed by atoms with Gasteiger partial charge in [0.2, 0.25) is 5.91 Å². The lowest BCUT2D eigenvalue weighted by atomic mass is 9.51. The molecule has 1 amide bonds. The van der Waals surface area contributed by atoms with Crippen molar-refractivity contribution >= 4 is 5.91 Å². The molecule has 1 heterocycles. The highest BCUT2D eigenvalue weighted by Crippen LogP contribution is 2.56. The molecule has 4 heteroatoms. The molecule has 1 aromatic rings. The zero-order valence-electron chi connectivity index (χ0n) is 16.2. The van der Waals surface area contributed by atoms with Crippen molar-refractivity contribution in [2.45, 2.75) is 38.1 Å². The summed E-state index contributed by atoms with van der Waals surface area (Å²) in [5.41, 5.74) is 1.22. The van der Waals surface area contributed by atoms with Crippen LogP contribution in [0.15, 0.2) is 30.3 Å². The van der Waals surface area contributed by atoms with Gasteiger partial charge in [0.05, 0.1) is 19.3 Å². The normalized spacial score (nSPS) is 36.5. The van der Waals surface area contributed by atoms with E-state index in [4.69, 9.17) is 4.74 Å². The largest absolute Gasteiger partial charge is 0.379 e. The Hall–Kier alpha value is -1.39. The van der Waals surface area contributed by atoms with Crippen LogP contribution in [0.25, 0.3) is 0 Å². The van der Waals surface area contributed by atoms with Crippen LogP contribution in [0, 0.1) is 29.6 Å².